The smallest absolute Gasteiger partial charge is 0.263 e. The molecule has 0 saturated heterocycles. The number of anilines is 1. The van der Waals surface area contributed by atoms with Crippen molar-refractivity contribution < 1.29 is 8.42 Å². The maximum atomic E-state index is 13.4. The number of hydrogen-bond acceptors (Lipinski definition) is 2. The highest BCUT2D eigenvalue weighted by molar-refractivity contribution is 7.92. The molecule has 0 radical (unpaired) electrons. The average Bonchev–Trinajstić information content (AvgIpc) is 2.69. The SMILES string of the molecule is Cc1ccc2c(c1)C(c1ccccc1)CC(C)N2S(=O)(=O)c1ccccc1. The molecule has 0 saturated carbocycles. The van der Waals surface area contributed by atoms with Gasteiger partial charge in [0.15, 0.2) is 0 Å². The molecule has 4 rings (SSSR count). The van der Waals surface area contributed by atoms with Crippen LogP contribution in [0.25, 0.3) is 0 Å². The Hall–Kier alpha value is -2.59. The summed E-state index contributed by atoms with van der Waals surface area (Å²) in [4.78, 5) is 0.335. The molecular weight excluding hydrogens is 354 g/mol. The third-order valence-corrected chi connectivity index (χ3v) is 7.22. The third kappa shape index (κ3) is 3.15. The first-order valence-electron chi connectivity index (χ1n) is 9.23. The van der Waals surface area contributed by atoms with E-state index in [9.17, 15) is 8.42 Å². The van der Waals surface area contributed by atoms with Crippen molar-refractivity contribution in [3.8, 4) is 0 Å². The predicted molar refractivity (Wildman–Crippen MR) is 110 cm³/mol. The van der Waals surface area contributed by atoms with Gasteiger partial charge in [0.2, 0.25) is 0 Å². The molecule has 3 nitrogen and oxygen atoms in total. The fraction of sp³-hybridized carbons (Fsp3) is 0.217. The Labute approximate surface area is 161 Å². The van der Waals surface area contributed by atoms with Gasteiger partial charge in [-0.1, -0.05) is 66.2 Å². The Balaban J connectivity index is 1.88. The van der Waals surface area contributed by atoms with Gasteiger partial charge in [0.1, 0.15) is 0 Å². The molecule has 2 unspecified atom stereocenters. The van der Waals surface area contributed by atoms with Crippen molar-refractivity contribution in [2.75, 3.05) is 4.31 Å². The summed E-state index contributed by atoms with van der Waals surface area (Å²) in [7, 11) is -3.61. The van der Waals surface area contributed by atoms with E-state index in [1.807, 2.05) is 43.3 Å². The second-order valence-corrected chi connectivity index (χ2v) is 9.04. The first-order valence-corrected chi connectivity index (χ1v) is 10.7. The van der Waals surface area contributed by atoms with Crippen molar-refractivity contribution in [1.82, 2.24) is 0 Å². The van der Waals surface area contributed by atoms with Crippen molar-refractivity contribution in [3.05, 3.63) is 95.6 Å². The number of hydrogen-bond donors (Lipinski definition) is 0. The minimum atomic E-state index is -3.61. The van der Waals surface area contributed by atoms with Crippen molar-refractivity contribution >= 4 is 15.7 Å². The van der Waals surface area contributed by atoms with E-state index in [1.165, 1.54) is 5.56 Å². The molecule has 27 heavy (non-hydrogen) atoms. The number of nitrogens with zero attached hydrogens (tertiary/aromatic N) is 1. The number of rotatable bonds is 3. The summed E-state index contributed by atoms with van der Waals surface area (Å²) in [6.45, 7) is 4.05. The number of benzene rings is 3. The van der Waals surface area contributed by atoms with Gasteiger partial charge in [0, 0.05) is 12.0 Å². The van der Waals surface area contributed by atoms with Crippen LogP contribution in [0, 0.1) is 6.92 Å². The summed E-state index contributed by atoms with van der Waals surface area (Å²) in [6, 6.07) is 25.0. The first-order chi connectivity index (χ1) is 13.0. The highest BCUT2D eigenvalue weighted by atomic mass is 32.2. The van der Waals surface area contributed by atoms with Crippen LogP contribution in [0.5, 0.6) is 0 Å². The highest BCUT2D eigenvalue weighted by Crippen LogP contribution is 2.44. The molecule has 0 spiro atoms. The predicted octanol–water partition coefficient (Wildman–Crippen LogP) is 5.11. The van der Waals surface area contributed by atoms with E-state index in [1.54, 1.807) is 28.6 Å². The standard InChI is InChI=1S/C23H23NO2S/c1-17-13-14-23-22(15-17)21(19-9-5-3-6-10-19)16-18(2)24(23)27(25,26)20-11-7-4-8-12-20/h3-15,18,21H,16H2,1-2H3. The average molecular weight is 378 g/mol. The van der Waals surface area contributed by atoms with Gasteiger partial charge >= 0.3 is 0 Å². The molecule has 0 bridgehead atoms. The lowest BCUT2D eigenvalue weighted by atomic mass is 9.82. The van der Waals surface area contributed by atoms with Gasteiger partial charge in [0.05, 0.1) is 10.6 Å². The molecule has 0 amide bonds. The van der Waals surface area contributed by atoms with Crippen LogP contribution in [-0.4, -0.2) is 14.5 Å². The fourth-order valence-electron chi connectivity index (χ4n) is 4.03. The van der Waals surface area contributed by atoms with Gasteiger partial charge < -0.3 is 0 Å². The van der Waals surface area contributed by atoms with Crippen LogP contribution in [0.1, 0.15) is 36.0 Å². The molecule has 138 valence electrons. The normalized spacial score (nSPS) is 19.6. The summed E-state index contributed by atoms with van der Waals surface area (Å²) in [5.41, 5.74) is 4.24. The Bertz CT molecular complexity index is 1050. The third-order valence-electron chi connectivity index (χ3n) is 5.27. The molecule has 0 aliphatic carbocycles. The molecule has 2 atom stereocenters. The largest absolute Gasteiger partial charge is 0.264 e. The quantitative estimate of drug-likeness (QED) is 0.636. The van der Waals surface area contributed by atoms with Gasteiger partial charge in [0.25, 0.3) is 10.0 Å². The van der Waals surface area contributed by atoms with E-state index in [0.29, 0.717) is 4.90 Å². The van der Waals surface area contributed by atoms with Gasteiger partial charge in [-0.15, -0.1) is 0 Å². The van der Waals surface area contributed by atoms with Crippen molar-refractivity contribution in [2.45, 2.75) is 37.1 Å². The Morgan fingerprint density at radius 1 is 0.889 bits per heavy atom. The lowest BCUT2D eigenvalue weighted by Gasteiger charge is -2.40. The van der Waals surface area contributed by atoms with Gasteiger partial charge in [-0.3, -0.25) is 4.31 Å². The zero-order valence-corrected chi connectivity index (χ0v) is 16.4. The molecule has 1 aliphatic rings. The molecule has 0 fully saturated rings. The summed E-state index contributed by atoms with van der Waals surface area (Å²) >= 11 is 0. The van der Waals surface area contributed by atoms with Gasteiger partial charge in [-0.2, -0.15) is 0 Å². The summed E-state index contributed by atoms with van der Waals surface area (Å²) < 4.78 is 28.4. The van der Waals surface area contributed by atoms with Crippen LogP contribution in [0.4, 0.5) is 5.69 Å². The molecule has 3 aromatic carbocycles. The summed E-state index contributed by atoms with van der Waals surface area (Å²) in [6.07, 6.45) is 0.756. The number of aryl methyl sites for hydroxylation is 1. The van der Waals surface area contributed by atoms with E-state index in [0.717, 1.165) is 23.2 Å². The Morgan fingerprint density at radius 2 is 1.52 bits per heavy atom. The molecule has 3 aromatic rings. The van der Waals surface area contributed by atoms with E-state index < -0.39 is 10.0 Å². The Morgan fingerprint density at radius 3 is 2.19 bits per heavy atom. The number of sulfonamides is 1. The van der Waals surface area contributed by atoms with Crippen LogP contribution in [0.3, 0.4) is 0 Å². The van der Waals surface area contributed by atoms with Gasteiger partial charge in [-0.25, -0.2) is 8.42 Å². The minimum absolute atomic E-state index is 0.129. The monoisotopic (exact) mass is 377 g/mol. The molecule has 0 aromatic heterocycles. The van der Waals surface area contributed by atoms with E-state index in [-0.39, 0.29) is 12.0 Å². The maximum Gasteiger partial charge on any atom is 0.264 e. The lowest BCUT2D eigenvalue weighted by molar-refractivity contribution is 0.543. The van der Waals surface area contributed by atoms with Crippen molar-refractivity contribution in [2.24, 2.45) is 0 Å². The van der Waals surface area contributed by atoms with Crippen LogP contribution in [-0.2, 0) is 10.0 Å². The topological polar surface area (TPSA) is 37.4 Å². The lowest BCUT2D eigenvalue weighted by Crippen LogP contribution is -2.43. The highest BCUT2D eigenvalue weighted by Gasteiger charge is 2.38. The molecular formula is C23H23NO2S. The number of fused-ring (bicyclic) bond motifs is 1. The summed E-state index contributed by atoms with van der Waals surface area (Å²) in [5, 5.41) is 0. The van der Waals surface area contributed by atoms with E-state index in [2.05, 4.69) is 25.1 Å². The second kappa shape index (κ2) is 6.86. The van der Waals surface area contributed by atoms with Crippen molar-refractivity contribution in [1.29, 1.82) is 0 Å². The minimum Gasteiger partial charge on any atom is -0.263 e. The zero-order valence-electron chi connectivity index (χ0n) is 15.5. The molecule has 0 N–H and O–H groups in total. The first kappa shape index (κ1) is 17.8. The summed E-state index contributed by atoms with van der Waals surface area (Å²) in [5.74, 6) is 0.193. The van der Waals surface area contributed by atoms with Crippen LogP contribution >= 0.6 is 0 Å². The van der Waals surface area contributed by atoms with E-state index >= 15 is 0 Å². The van der Waals surface area contributed by atoms with Crippen LogP contribution in [0.15, 0.2) is 83.8 Å². The van der Waals surface area contributed by atoms with Gasteiger partial charge in [-0.05, 0) is 49.6 Å². The van der Waals surface area contributed by atoms with Crippen molar-refractivity contribution in [3.63, 3.8) is 0 Å². The molecule has 1 aliphatic heterocycles. The second-order valence-electron chi connectivity index (χ2n) is 7.22. The maximum absolute atomic E-state index is 13.4. The molecule has 4 heteroatoms. The van der Waals surface area contributed by atoms with Crippen LogP contribution in [0.2, 0.25) is 0 Å². The fourth-order valence-corrected chi connectivity index (χ4v) is 5.74. The van der Waals surface area contributed by atoms with Crippen LogP contribution < -0.4 is 4.31 Å². The molecule has 1 heterocycles. The Kier molecular flexibility index (Phi) is 4.52. The zero-order chi connectivity index (χ0) is 19.0. The van der Waals surface area contributed by atoms with E-state index in [4.69, 9.17) is 0 Å².